The zero-order chi connectivity index (χ0) is 22.0. The van der Waals surface area contributed by atoms with Crippen LogP contribution in [0.15, 0.2) is 70.5 Å². The second-order valence-electron chi connectivity index (χ2n) is 7.10. The van der Waals surface area contributed by atoms with Gasteiger partial charge in [-0.2, -0.15) is 0 Å². The number of aromatic amines is 1. The van der Waals surface area contributed by atoms with Crippen LogP contribution in [0.2, 0.25) is 0 Å². The van der Waals surface area contributed by atoms with Crippen molar-refractivity contribution in [3.05, 3.63) is 99.0 Å². The minimum absolute atomic E-state index is 0.0481. The molecule has 1 atom stereocenters. The van der Waals surface area contributed by atoms with E-state index in [1.165, 1.54) is 10.6 Å². The Morgan fingerprint density at radius 3 is 2.65 bits per heavy atom. The van der Waals surface area contributed by atoms with Crippen molar-refractivity contribution in [1.29, 1.82) is 0 Å². The normalized spacial score (nSPS) is 12.1. The molecule has 0 aliphatic rings. The van der Waals surface area contributed by atoms with E-state index >= 15 is 0 Å². The van der Waals surface area contributed by atoms with Gasteiger partial charge in [0.1, 0.15) is 17.7 Å². The Morgan fingerprint density at radius 2 is 1.90 bits per heavy atom. The fourth-order valence-corrected chi connectivity index (χ4v) is 3.56. The van der Waals surface area contributed by atoms with Crippen molar-refractivity contribution in [2.45, 2.75) is 19.0 Å². The van der Waals surface area contributed by atoms with Gasteiger partial charge in [0.25, 0.3) is 5.56 Å². The number of para-hydroxylation sites is 1. The molecule has 0 saturated carbocycles. The summed E-state index contributed by atoms with van der Waals surface area (Å²) >= 11 is 0. The molecule has 2 heterocycles. The first-order valence-corrected chi connectivity index (χ1v) is 9.68. The van der Waals surface area contributed by atoms with Gasteiger partial charge in [-0.1, -0.05) is 30.3 Å². The van der Waals surface area contributed by atoms with Crippen molar-refractivity contribution in [1.82, 2.24) is 24.4 Å². The van der Waals surface area contributed by atoms with Gasteiger partial charge in [-0.3, -0.25) is 19.1 Å². The molecule has 0 fully saturated rings. The average molecular weight is 421 g/mol. The van der Waals surface area contributed by atoms with Crippen LogP contribution in [0.25, 0.3) is 10.9 Å². The number of H-pyrrole nitrogens is 1. The summed E-state index contributed by atoms with van der Waals surface area (Å²) < 4.78 is 17.5. The topological polar surface area (TPSA) is 102 Å². The van der Waals surface area contributed by atoms with Gasteiger partial charge in [-0.05, 0) is 18.2 Å². The van der Waals surface area contributed by atoms with Crippen LogP contribution in [0.5, 0.6) is 0 Å². The zero-order valence-corrected chi connectivity index (χ0v) is 16.7. The molecule has 9 heteroatoms. The molecule has 8 nitrogen and oxygen atoms in total. The predicted octanol–water partition coefficient (Wildman–Crippen LogP) is 1.86. The highest BCUT2D eigenvalue weighted by Crippen LogP contribution is 2.23. The molecule has 0 spiro atoms. The van der Waals surface area contributed by atoms with E-state index in [2.05, 4.69) is 15.3 Å². The quantitative estimate of drug-likeness (QED) is 0.496. The number of aromatic nitrogens is 4. The van der Waals surface area contributed by atoms with Crippen LogP contribution in [-0.2, 0) is 18.4 Å². The van der Waals surface area contributed by atoms with E-state index in [1.54, 1.807) is 66.5 Å². The van der Waals surface area contributed by atoms with E-state index in [1.807, 2.05) is 0 Å². The third-order valence-corrected chi connectivity index (χ3v) is 5.11. The van der Waals surface area contributed by atoms with Gasteiger partial charge in [0.2, 0.25) is 5.91 Å². The van der Waals surface area contributed by atoms with Crippen LogP contribution in [0.1, 0.15) is 23.9 Å². The van der Waals surface area contributed by atoms with Gasteiger partial charge in [0.05, 0.1) is 10.9 Å². The van der Waals surface area contributed by atoms with Crippen molar-refractivity contribution in [2.24, 2.45) is 7.05 Å². The maximum atomic E-state index is 14.5. The number of nitrogens with one attached hydrogen (secondary N) is 2. The van der Waals surface area contributed by atoms with Crippen LogP contribution in [-0.4, -0.2) is 25.0 Å². The standard InChI is InChI=1S/C22H20FN5O3/c1-27-13-11-24-20(27)19(14-6-2-4-8-16(14)23)25-18(29)10-12-28-17-9-5-3-7-15(17)21(30)26-22(28)31/h2-9,11,13,19H,10,12H2,1H3,(H,25,29)(H,26,30,31)/t19-/m0/s1. The van der Waals surface area contributed by atoms with Crippen LogP contribution >= 0.6 is 0 Å². The van der Waals surface area contributed by atoms with E-state index in [9.17, 15) is 18.8 Å². The molecule has 4 aromatic rings. The highest BCUT2D eigenvalue weighted by atomic mass is 19.1. The van der Waals surface area contributed by atoms with Crippen molar-refractivity contribution in [3.63, 3.8) is 0 Å². The number of rotatable bonds is 6. The van der Waals surface area contributed by atoms with E-state index in [-0.39, 0.29) is 18.5 Å². The van der Waals surface area contributed by atoms with Gasteiger partial charge in [-0.15, -0.1) is 0 Å². The smallest absolute Gasteiger partial charge is 0.328 e. The molecular weight excluding hydrogens is 401 g/mol. The number of carbonyl (C=O) groups is 1. The molecule has 158 valence electrons. The Morgan fingerprint density at radius 1 is 1.16 bits per heavy atom. The first-order valence-electron chi connectivity index (χ1n) is 9.68. The molecular formula is C22H20FN5O3. The van der Waals surface area contributed by atoms with E-state index in [4.69, 9.17) is 0 Å². The molecule has 0 bridgehead atoms. The molecule has 0 aliphatic carbocycles. The number of fused-ring (bicyclic) bond motifs is 1. The van der Waals surface area contributed by atoms with Gasteiger partial charge >= 0.3 is 5.69 Å². The second kappa shape index (κ2) is 8.39. The Labute approximate surface area is 176 Å². The molecule has 2 aromatic heterocycles. The summed E-state index contributed by atoms with van der Waals surface area (Å²) in [5.41, 5.74) is -0.336. The minimum atomic E-state index is -0.794. The maximum absolute atomic E-state index is 14.5. The number of halogens is 1. The highest BCUT2D eigenvalue weighted by molar-refractivity contribution is 5.79. The van der Waals surface area contributed by atoms with Gasteiger partial charge in [0, 0.05) is 38.0 Å². The summed E-state index contributed by atoms with van der Waals surface area (Å²) in [6, 6.07) is 12.1. The maximum Gasteiger partial charge on any atom is 0.328 e. The van der Waals surface area contributed by atoms with E-state index < -0.39 is 29.0 Å². The molecule has 31 heavy (non-hydrogen) atoms. The third kappa shape index (κ3) is 4.02. The summed E-state index contributed by atoms with van der Waals surface area (Å²) in [6.07, 6.45) is 3.23. The van der Waals surface area contributed by atoms with Gasteiger partial charge < -0.3 is 9.88 Å². The lowest BCUT2D eigenvalue weighted by atomic mass is 10.1. The largest absolute Gasteiger partial charge is 0.342 e. The lowest BCUT2D eigenvalue weighted by Gasteiger charge is -2.20. The molecule has 0 aliphatic heterocycles. The van der Waals surface area contributed by atoms with Gasteiger partial charge in [0.15, 0.2) is 0 Å². The Kier molecular flexibility index (Phi) is 5.48. The third-order valence-electron chi connectivity index (χ3n) is 5.11. The fraction of sp³-hybridized carbons (Fsp3) is 0.182. The van der Waals surface area contributed by atoms with Crippen molar-refractivity contribution >= 4 is 16.8 Å². The molecule has 1 amide bonds. The average Bonchev–Trinajstić information content (AvgIpc) is 3.18. The summed E-state index contributed by atoms with van der Waals surface area (Å²) in [4.78, 5) is 43.6. The van der Waals surface area contributed by atoms with Crippen molar-refractivity contribution in [2.75, 3.05) is 0 Å². The Bertz CT molecular complexity index is 1370. The molecule has 0 unspecified atom stereocenters. The van der Waals surface area contributed by atoms with Crippen molar-refractivity contribution in [3.8, 4) is 0 Å². The van der Waals surface area contributed by atoms with Crippen LogP contribution in [0.4, 0.5) is 4.39 Å². The van der Waals surface area contributed by atoms with Gasteiger partial charge in [-0.25, -0.2) is 14.2 Å². The highest BCUT2D eigenvalue weighted by Gasteiger charge is 2.23. The number of aryl methyl sites for hydroxylation is 2. The number of amides is 1. The van der Waals surface area contributed by atoms with Crippen molar-refractivity contribution < 1.29 is 9.18 Å². The number of hydrogen-bond acceptors (Lipinski definition) is 4. The number of nitrogens with zero attached hydrogens (tertiary/aromatic N) is 3. The summed E-state index contributed by atoms with van der Waals surface area (Å²) in [5.74, 6) is -0.373. The summed E-state index contributed by atoms with van der Waals surface area (Å²) in [5, 5.41) is 3.18. The summed E-state index contributed by atoms with van der Waals surface area (Å²) in [7, 11) is 1.76. The lowest BCUT2D eigenvalue weighted by Crippen LogP contribution is -2.34. The lowest BCUT2D eigenvalue weighted by molar-refractivity contribution is -0.121. The molecule has 0 saturated heterocycles. The number of benzene rings is 2. The SMILES string of the molecule is Cn1ccnc1[C@@H](NC(=O)CCn1c(=O)[nH]c(=O)c2ccccc21)c1ccccc1F. The molecule has 0 radical (unpaired) electrons. The van der Waals surface area contributed by atoms with Crippen LogP contribution in [0, 0.1) is 5.82 Å². The number of imidazole rings is 1. The monoisotopic (exact) mass is 421 g/mol. The number of carbonyl (C=O) groups excluding carboxylic acids is 1. The first-order chi connectivity index (χ1) is 15.0. The summed E-state index contributed by atoms with van der Waals surface area (Å²) in [6.45, 7) is 0.0481. The first kappa shape index (κ1) is 20.3. The fourth-order valence-electron chi connectivity index (χ4n) is 3.56. The predicted molar refractivity (Wildman–Crippen MR) is 113 cm³/mol. The number of hydrogen-bond donors (Lipinski definition) is 2. The Balaban J connectivity index is 1.60. The molecule has 4 rings (SSSR count). The van der Waals surface area contributed by atoms with E-state index in [0.29, 0.717) is 16.7 Å². The van der Waals surface area contributed by atoms with Crippen LogP contribution in [0.3, 0.4) is 0 Å². The van der Waals surface area contributed by atoms with E-state index in [0.717, 1.165) is 0 Å². The Hall–Kier alpha value is -4.01. The minimum Gasteiger partial charge on any atom is -0.342 e. The van der Waals surface area contributed by atoms with Crippen LogP contribution < -0.4 is 16.6 Å². The zero-order valence-electron chi connectivity index (χ0n) is 16.7. The molecule has 2 aromatic carbocycles. The molecule has 2 N–H and O–H groups in total. The second-order valence-corrected chi connectivity index (χ2v) is 7.10.